The Morgan fingerprint density at radius 1 is 1.47 bits per heavy atom. The summed E-state index contributed by atoms with van der Waals surface area (Å²) in [5.74, 6) is 0. The fraction of sp³-hybridized carbons (Fsp3) is 0.333. The molecule has 2 rings (SSSR count). The van der Waals surface area contributed by atoms with Gasteiger partial charge in [0, 0.05) is 42.6 Å². The molecule has 0 fully saturated rings. The van der Waals surface area contributed by atoms with E-state index in [1.54, 1.807) is 6.20 Å². The van der Waals surface area contributed by atoms with E-state index >= 15 is 0 Å². The maximum atomic E-state index is 4.39. The minimum atomic E-state index is 0.231. The molecule has 0 aliphatic rings. The molecule has 0 saturated carbocycles. The molecule has 1 unspecified atom stereocenters. The van der Waals surface area contributed by atoms with Gasteiger partial charge >= 0.3 is 0 Å². The smallest absolute Gasteiger partial charge is 0.0643 e. The average molecular weight is 295 g/mol. The number of hydrogen-bond acceptors (Lipinski definition) is 3. The Hall–Kier alpha value is -1.20. The van der Waals surface area contributed by atoms with E-state index in [9.17, 15) is 0 Å². The van der Waals surface area contributed by atoms with Crippen LogP contribution in [0.5, 0.6) is 0 Å². The van der Waals surface area contributed by atoms with Crippen molar-refractivity contribution in [1.29, 1.82) is 0 Å². The van der Waals surface area contributed by atoms with Crippen LogP contribution in [0.25, 0.3) is 0 Å². The molecule has 2 aromatic heterocycles. The lowest BCUT2D eigenvalue weighted by atomic mass is 10.0. The van der Waals surface area contributed by atoms with E-state index in [0.29, 0.717) is 0 Å². The van der Waals surface area contributed by atoms with Crippen LogP contribution in [0.4, 0.5) is 0 Å². The summed E-state index contributed by atoms with van der Waals surface area (Å²) in [6.07, 6.45) is 6.49. The summed E-state index contributed by atoms with van der Waals surface area (Å²) in [6, 6.07) is 4.35. The molecule has 0 saturated heterocycles. The highest BCUT2D eigenvalue weighted by Gasteiger charge is 2.12. The van der Waals surface area contributed by atoms with Crippen LogP contribution in [0.2, 0.25) is 0 Å². The van der Waals surface area contributed by atoms with Crippen LogP contribution in [0.15, 0.2) is 35.2 Å². The summed E-state index contributed by atoms with van der Waals surface area (Å²) in [6.45, 7) is 0. The minimum absolute atomic E-state index is 0.231. The third kappa shape index (κ3) is 3.14. The summed E-state index contributed by atoms with van der Waals surface area (Å²) in [4.78, 5) is 4.19. The predicted octanol–water partition coefficient (Wildman–Crippen LogP) is 2.08. The Labute approximate surface area is 109 Å². The number of rotatable bonds is 4. The third-order valence-corrected chi connectivity index (χ3v) is 3.09. The van der Waals surface area contributed by atoms with Crippen molar-refractivity contribution < 1.29 is 0 Å². The first kappa shape index (κ1) is 12.3. The molecule has 90 valence electrons. The van der Waals surface area contributed by atoms with Gasteiger partial charge in [0.2, 0.25) is 0 Å². The standard InChI is InChI=1S/C12H15BrN4/c1-14-12(6-11-3-4-17(2)16-11)9-5-10(13)8-15-7-9/h3-5,7-8,12,14H,6H2,1-2H3. The first-order valence-corrected chi connectivity index (χ1v) is 6.24. The number of nitrogens with one attached hydrogen (secondary N) is 1. The van der Waals surface area contributed by atoms with Crippen molar-refractivity contribution in [3.05, 3.63) is 46.5 Å². The van der Waals surface area contributed by atoms with Crippen LogP contribution >= 0.6 is 15.9 Å². The second kappa shape index (κ2) is 5.42. The minimum Gasteiger partial charge on any atom is -0.313 e. The summed E-state index contributed by atoms with van der Waals surface area (Å²) in [5.41, 5.74) is 2.24. The molecule has 0 amide bonds. The lowest BCUT2D eigenvalue weighted by molar-refractivity contribution is 0.575. The maximum Gasteiger partial charge on any atom is 0.0643 e. The Morgan fingerprint density at radius 2 is 2.29 bits per heavy atom. The van der Waals surface area contributed by atoms with Crippen molar-refractivity contribution >= 4 is 15.9 Å². The normalized spacial score (nSPS) is 12.6. The second-order valence-corrected chi connectivity index (χ2v) is 4.88. The first-order valence-electron chi connectivity index (χ1n) is 5.45. The quantitative estimate of drug-likeness (QED) is 0.939. The van der Waals surface area contributed by atoms with E-state index < -0.39 is 0 Å². The number of halogens is 1. The van der Waals surface area contributed by atoms with Gasteiger partial charge in [0.15, 0.2) is 0 Å². The highest BCUT2D eigenvalue weighted by Crippen LogP contribution is 2.19. The Bertz CT molecular complexity index is 495. The van der Waals surface area contributed by atoms with E-state index in [1.807, 2.05) is 37.2 Å². The first-order chi connectivity index (χ1) is 8.19. The third-order valence-electron chi connectivity index (χ3n) is 2.66. The van der Waals surface area contributed by atoms with Crippen LogP contribution in [-0.2, 0) is 13.5 Å². The molecule has 0 spiro atoms. The van der Waals surface area contributed by atoms with Crippen molar-refractivity contribution in [2.24, 2.45) is 7.05 Å². The lowest BCUT2D eigenvalue weighted by Gasteiger charge is -2.15. The zero-order valence-electron chi connectivity index (χ0n) is 9.89. The molecule has 0 aromatic carbocycles. The molecule has 5 heteroatoms. The number of likely N-dealkylation sites (N-methyl/N-ethyl adjacent to an activating group) is 1. The largest absolute Gasteiger partial charge is 0.313 e. The van der Waals surface area contributed by atoms with Gasteiger partial charge in [-0.1, -0.05) is 0 Å². The lowest BCUT2D eigenvalue weighted by Crippen LogP contribution is -2.19. The van der Waals surface area contributed by atoms with E-state index in [4.69, 9.17) is 0 Å². The Kier molecular flexibility index (Phi) is 3.91. The molecule has 2 aromatic rings. The van der Waals surface area contributed by atoms with Crippen molar-refractivity contribution in [2.45, 2.75) is 12.5 Å². The molecule has 0 aliphatic carbocycles. The summed E-state index contributed by atoms with van der Waals surface area (Å²) in [7, 11) is 3.88. The molecule has 1 atom stereocenters. The molecule has 0 aliphatic heterocycles. The summed E-state index contributed by atoms with van der Waals surface area (Å²) >= 11 is 3.44. The molecule has 2 heterocycles. The van der Waals surface area contributed by atoms with Crippen molar-refractivity contribution in [3.8, 4) is 0 Å². The molecule has 4 nitrogen and oxygen atoms in total. The van der Waals surface area contributed by atoms with E-state index in [1.165, 1.54) is 0 Å². The van der Waals surface area contributed by atoms with Crippen LogP contribution in [0, 0.1) is 0 Å². The number of aromatic nitrogens is 3. The summed E-state index contributed by atoms with van der Waals surface area (Å²) in [5, 5.41) is 7.68. The van der Waals surface area contributed by atoms with Gasteiger partial charge in [0.05, 0.1) is 5.69 Å². The average Bonchev–Trinajstić information content (AvgIpc) is 2.72. The highest BCUT2D eigenvalue weighted by atomic mass is 79.9. The molecular formula is C12H15BrN4. The van der Waals surface area contributed by atoms with E-state index in [-0.39, 0.29) is 6.04 Å². The molecule has 17 heavy (non-hydrogen) atoms. The van der Waals surface area contributed by atoms with Gasteiger partial charge in [0.25, 0.3) is 0 Å². The van der Waals surface area contributed by atoms with Crippen LogP contribution < -0.4 is 5.32 Å². The predicted molar refractivity (Wildman–Crippen MR) is 70.6 cm³/mol. The van der Waals surface area contributed by atoms with Gasteiger partial charge in [-0.3, -0.25) is 9.67 Å². The number of aryl methyl sites for hydroxylation is 1. The van der Waals surface area contributed by atoms with Crippen molar-refractivity contribution in [1.82, 2.24) is 20.1 Å². The fourth-order valence-electron chi connectivity index (χ4n) is 1.79. The van der Waals surface area contributed by atoms with Crippen molar-refractivity contribution in [2.75, 3.05) is 7.05 Å². The van der Waals surface area contributed by atoms with E-state index in [2.05, 4.69) is 37.4 Å². The monoisotopic (exact) mass is 294 g/mol. The number of pyridine rings is 1. The molecule has 0 bridgehead atoms. The highest BCUT2D eigenvalue weighted by molar-refractivity contribution is 9.10. The van der Waals surface area contributed by atoms with Crippen LogP contribution in [-0.4, -0.2) is 21.8 Å². The molecular weight excluding hydrogens is 280 g/mol. The van der Waals surface area contributed by atoms with Gasteiger partial charge in [-0.15, -0.1) is 0 Å². The van der Waals surface area contributed by atoms with Gasteiger partial charge in [-0.05, 0) is 40.7 Å². The fourth-order valence-corrected chi connectivity index (χ4v) is 2.17. The van der Waals surface area contributed by atoms with Gasteiger partial charge < -0.3 is 5.32 Å². The zero-order chi connectivity index (χ0) is 12.3. The Balaban J connectivity index is 2.16. The zero-order valence-corrected chi connectivity index (χ0v) is 11.5. The molecule has 1 N–H and O–H groups in total. The van der Waals surface area contributed by atoms with E-state index in [0.717, 1.165) is 22.2 Å². The van der Waals surface area contributed by atoms with Gasteiger partial charge in [-0.25, -0.2) is 0 Å². The SMILES string of the molecule is CNC(Cc1ccn(C)n1)c1cncc(Br)c1. The number of nitrogens with zero attached hydrogens (tertiary/aromatic N) is 3. The van der Waals surface area contributed by atoms with Gasteiger partial charge in [-0.2, -0.15) is 5.10 Å². The van der Waals surface area contributed by atoms with Gasteiger partial charge in [0.1, 0.15) is 0 Å². The second-order valence-electron chi connectivity index (χ2n) is 3.96. The van der Waals surface area contributed by atoms with Crippen molar-refractivity contribution in [3.63, 3.8) is 0 Å². The van der Waals surface area contributed by atoms with Crippen LogP contribution in [0.3, 0.4) is 0 Å². The topological polar surface area (TPSA) is 42.7 Å². The summed E-state index contributed by atoms with van der Waals surface area (Å²) < 4.78 is 2.82. The number of hydrogen-bond donors (Lipinski definition) is 1. The maximum absolute atomic E-state index is 4.39. The Morgan fingerprint density at radius 3 is 2.88 bits per heavy atom. The molecule has 0 radical (unpaired) electrons. The van der Waals surface area contributed by atoms with Crippen LogP contribution in [0.1, 0.15) is 17.3 Å².